The number of nitrogens with zero attached hydrogens (tertiary/aromatic N) is 2. The summed E-state index contributed by atoms with van der Waals surface area (Å²) in [5.41, 5.74) is 1.27. The van der Waals surface area contributed by atoms with Crippen molar-refractivity contribution in [1.82, 2.24) is 9.80 Å². The van der Waals surface area contributed by atoms with Gasteiger partial charge in [0.2, 0.25) is 11.8 Å². The van der Waals surface area contributed by atoms with Crippen LogP contribution in [-0.4, -0.2) is 53.5 Å². The molecule has 5 heteroatoms. The summed E-state index contributed by atoms with van der Waals surface area (Å²) in [6, 6.07) is 8.69. The Labute approximate surface area is 149 Å². The van der Waals surface area contributed by atoms with Gasteiger partial charge in [-0.3, -0.25) is 9.59 Å². The van der Waals surface area contributed by atoms with Gasteiger partial charge >= 0.3 is 0 Å². The van der Waals surface area contributed by atoms with Gasteiger partial charge < -0.3 is 9.80 Å². The van der Waals surface area contributed by atoms with Crippen LogP contribution in [0.1, 0.15) is 32.3 Å². The van der Waals surface area contributed by atoms with Crippen molar-refractivity contribution in [2.24, 2.45) is 5.92 Å². The van der Waals surface area contributed by atoms with Gasteiger partial charge in [0.05, 0.1) is 5.92 Å². The molecule has 0 radical (unpaired) electrons. The topological polar surface area (TPSA) is 40.6 Å². The quantitative estimate of drug-likeness (QED) is 0.561. The Bertz CT molecular complexity index is 571. The van der Waals surface area contributed by atoms with Crippen molar-refractivity contribution in [2.75, 3.05) is 25.9 Å². The molecule has 1 aliphatic rings. The van der Waals surface area contributed by atoms with E-state index in [1.807, 2.05) is 37.6 Å². The lowest BCUT2D eigenvalue weighted by atomic mass is 10.1. The molecule has 2 rings (SSSR count). The van der Waals surface area contributed by atoms with E-state index in [1.54, 1.807) is 4.90 Å². The number of hydrogen-bond donors (Lipinski definition) is 0. The van der Waals surface area contributed by atoms with Crippen LogP contribution >= 0.6 is 11.8 Å². The van der Waals surface area contributed by atoms with Crippen molar-refractivity contribution < 1.29 is 9.59 Å². The zero-order valence-corrected chi connectivity index (χ0v) is 15.9. The van der Waals surface area contributed by atoms with Crippen LogP contribution in [0, 0.1) is 12.8 Å². The third-order valence-electron chi connectivity index (χ3n) is 4.43. The minimum atomic E-state index is -0.172. The Morgan fingerprint density at radius 2 is 2.00 bits per heavy atom. The third-order valence-corrected chi connectivity index (χ3v) is 5.53. The van der Waals surface area contributed by atoms with E-state index in [0.29, 0.717) is 13.0 Å². The van der Waals surface area contributed by atoms with Crippen molar-refractivity contribution in [2.45, 2.75) is 44.6 Å². The molecule has 0 unspecified atom stereocenters. The predicted octanol–water partition coefficient (Wildman–Crippen LogP) is 3.19. The number of carbonyl (C=O) groups is 2. The highest BCUT2D eigenvalue weighted by molar-refractivity contribution is 7.99. The molecule has 0 bridgehead atoms. The van der Waals surface area contributed by atoms with Gasteiger partial charge in [0, 0.05) is 37.5 Å². The molecule has 24 heavy (non-hydrogen) atoms. The number of likely N-dealkylation sites (tertiary alicyclic amines) is 1. The SMILES string of the molecule is Cc1ccc(SCCCN(C)C(=O)[C@H]2CC(=O)N(C(C)C)C2)cc1. The monoisotopic (exact) mass is 348 g/mol. The lowest BCUT2D eigenvalue weighted by Crippen LogP contribution is -2.37. The van der Waals surface area contributed by atoms with Gasteiger partial charge in [-0.1, -0.05) is 17.7 Å². The first-order valence-corrected chi connectivity index (χ1v) is 9.61. The highest BCUT2D eigenvalue weighted by Crippen LogP contribution is 2.22. The number of benzene rings is 1. The molecule has 0 aliphatic carbocycles. The van der Waals surface area contributed by atoms with Gasteiger partial charge in [0.1, 0.15) is 0 Å². The Hall–Kier alpha value is -1.49. The molecule has 1 fully saturated rings. The number of thioether (sulfide) groups is 1. The van der Waals surface area contributed by atoms with Crippen LogP contribution in [0.2, 0.25) is 0 Å². The molecule has 0 spiro atoms. The van der Waals surface area contributed by atoms with Crippen molar-refractivity contribution in [1.29, 1.82) is 0 Å². The Morgan fingerprint density at radius 1 is 1.33 bits per heavy atom. The van der Waals surface area contributed by atoms with Crippen LogP contribution in [0.5, 0.6) is 0 Å². The number of carbonyl (C=O) groups excluding carboxylic acids is 2. The molecule has 4 nitrogen and oxygen atoms in total. The second kappa shape index (κ2) is 8.56. The fourth-order valence-electron chi connectivity index (χ4n) is 2.94. The highest BCUT2D eigenvalue weighted by atomic mass is 32.2. The number of hydrogen-bond acceptors (Lipinski definition) is 3. The Balaban J connectivity index is 1.72. The molecule has 0 N–H and O–H groups in total. The molecule has 0 aromatic heterocycles. The maximum absolute atomic E-state index is 12.5. The molecule has 1 aromatic carbocycles. The maximum Gasteiger partial charge on any atom is 0.227 e. The normalized spacial score (nSPS) is 17.6. The smallest absolute Gasteiger partial charge is 0.227 e. The molecule has 1 heterocycles. The Kier molecular flexibility index (Phi) is 6.72. The van der Waals surface area contributed by atoms with Crippen molar-refractivity contribution in [3.05, 3.63) is 29.8 Å². The highest BCUT2D eigenvalue weighted by Gasteiger charge is 2.36. The first kappa shape index (κ1) is 18.8. The van der Waals surface area contributed by atoms with E-state index in [0.717, 1.165) is 18.7 Å². The summed E-state index contributed by atoms with van der Waals surface area (Å²) < 4.78 is 0. The second-order valence-corrected chi connectivity index (χ2v) is 7.98. The van der Waals surface area contributed by atoms with Gasteiger partial charge in [-0.25, -0.2) is 0 Å². The van der Waals surface area contributed by atoms with Crippen LogP contribution in [0.15, 0.2) is 29.2 Å². The van der Waals surface area contributed by atoms with E-state index in [4.69, 9.17) is 0 Å². The van der Waals surface area contributed by atoms with Crippen molar-refractivity contribution in [3.63, 3.8) is 0 Å². The van der Waals surface area contributed by atoms with Gasteiger partial charge in [-0.05, 0) is 45.1 Å². The third kappa shape index (κ3) is 5.00. The summed E-state index contributed by atoms with van der Waals surface area (Å²) in [6.45, 7) is 7.39. The molecular weight excluding hydrogens is 320 g/mol. The minimum absolute atomic E-state index is 0.103. The molecule has 1 aromatic rings. The van der Waals surface area contributed by atoms with E-state index in [2.05, 4.69) is 31.2 Å². The number of amides is 2. The van der Waals surface area contributed by atoms with Crippen LogP contribution in [0.25, 0.3) is 0 Å². The van der Waals surface area contributed by atoms with E-state index >= 15 is 0 Å². The zero-order valence-electron chi connectivity index (χ0n) is 15.1. The van der Waals surface area contributed by atoms with E-state index in [-0.39, 0.29) is 23.8 Å². The molecular formula is C19H28N2O2S. The Morgan fingerprint density at radius 3 is 2.58 bits per heavy atom. The summed E-state index contributed by atoms with van der Waals surface area (Å²) >= 11 is 1.82. The molecule has 0 saturated carbocycles. The van der Waals surface area contributed by atoms with Crippen molar-refractivity contribution in [3.8, 4) is 0 Å². The largest absolute Gasteiger partial charge is 0.345 e. The average molecular weight is 349 g/mol. The van der Waals surface area contributed by atoms with Crippen LogP contribution in [0.3, 0.4) is 0 Å². The molecule has 132 valence electrons. The second-order valence-electron chi connectivity index (χ2n) is 6.82. The standard InChI is InChI=1S/C19H28N2O2S/c1-14(2)21-13-16(12-18(21)22)19(23)20(4)10-5-11-24-17-8-6-15(3)7-9-17/h6-9,14,16H,5,10-13H2,1-4H3/t16-/m0/s1. The summed E-state index contributed by atoms with van der Waals surface area (Å²) in [7, 11) is 1.85. The fourth-order valence-corrected chi connectivity index (χ4v) is 3.78. The van der Waals surface area contributed by atoms with Gasteiger partial charge in [-0.15, -0.1) is 11.8 Å². The first-order chi connectivity index (χ1) is 11.4. The molecule has 1 aliphatic heterocycles. The zero-order chi connectivity index (χ0) is 17.7. The lowest BCUT2D eigenvalue weighted by Gasteiger charge is -2.23. The molecule has 2 amide bonds. The van der Waals surface area contributed by atoms with Gasteiger partial charge in [0.15, 0.2) is 0 Å². The van der Waals surface area contributed by atoms with Crippen LogP contribution in [0.4, 0.5) is 0 Å². The van der Waals surface area contributed by atoms with Gasteiger partial charge in [0.25, 0.3) is 0 Å². The summed E-state index contributed by atoms with van der Waals surface area (Å²) in [6.07, 6.45) is 1.31. The van der Waals surface area contributed by atoms with Crippen LogP contribution < -0.4 is 0 Å². The van der Waals surface area contributed by atoms with Crippen molar-refractivity contribution >= 4 is 23.6 Å². The lowest BCUT2D eigenvalue weighted by molar-refractivity contribution is -0.134. The van der Waals surface area contributed by atoms with E-state index in [1.165, 1.54) is 10.5 Å². The van der Waals surface area contributed by atoms with Gasteiger partial charge in [-0.2, -0.15) is 0 Å². The van der Waals surface area contributed by atoms with E-state index < -0.39 is 0 Å². The summed E-state index contributed by atoms with van der Waals surface area (Å²) in [5.74, 6) is 1.02. The maximum atomic E-state index is 12.5. The first-order valence-electron chi connectivity index (χ1n) is 8.62. The molecule has 1 saturated heterocycles. The predicted molar refractivity (Wildman–Crippen MR) is 99.1 cm³/mol. The van der Waals surface area contributed by atoms with E-state index in [9.17, 15) is 9.59 Å². The number of aryl methyl sites for hydroxylation is 1. The minimum Gasteiger partial charge on any atom is -0.345 e. The summed E-state index contributed by atoms with van der Waals surface area (Å²) in [5, 5.41) is 0. The van der Waals surface area contributed by atoms with Crippen LogP contribution in [-0.2, 0) is 9.59 Å². The average Bonchev–Trinajstić information content (AvgIpc) is 2.94. The fraction of sp³-hybridized carbons (Fsp3) is 0.579. The molecule has 1 atom stereocenters. The number of rotatable bonds is 7. The summed E-state index contributed by atoms with van der Waals surface area (Å²) in [4.78, 5) is 29.3.